The topological polar surface area (TPSA) is 58.6 Å². The molecule has 0 spiro atoms. The first kappa shape index (κ1) is 13.9. The number of rotatable bonds is 7. The highest BCUT2D eigenvalue weighted by atomic mass is 16.5. The number of ether oxygens (including phenoxy) is 1. The number of methoxy groups -OCH3 is 1. The Labute approximate surface area is 113 Å². The minimum Gasteiger partial charge on any atom is -0.496 e. The van der Waals surface area contributed by atoms with Gasteiger partial charge in [0.15, 0.2) is 0 Å². The molecule has 0 unspecified atom stereocenters. The van der Waals surface area contributed by atoms with E-state index in [0.717, 1.165) is 24.9 Å². The van der Waals surface area contributed by atoms with Crippen LogP contribution >= 0.6 is 0 Å². The fourth-order valence-corrected chi connectivity index (χ4v) is 2.29. The van der Waals surface area contributed by atoms with Crippen LogP contribution in [0.25, 0.3) is 0 Å². The molecule has 0 aliphatic heterocycles. The Morgan fingerprint density at radius 1 is 1.47 bits per heavy atom. The molecule has 0 heterocycles. The van der Waals surface area contributed by atoms with Crippen molar-refractivity contribution in [3.63, 3.8) is 0 Å². The van der Waals surface area contributed by atoms with Gasteiger partial charge in [-0.15, -0.1) is 0 Å². The zero-order valence-electron chi connectivity index (χ0n) is 11.3. The molecule has 19 heavy (non-hydrogen) atoms. The van der Waals surface area contributed by atoms with Gasteiger partial charge in [0.05, 0.1) is 7.11 Å². The van der Waals surface area contributed by atoms with Crippen molar-refractivity contribution < 1.29 is 14.6 Å². The molecule has 0 bridgehead atoms. The van der Waals surface area contributed by atoms with E-state index in [9.17, 15) is 4.79 Å². The zero-order valence-corrected chi connectivity index (χ0v) is 11.3. The van der Waals surface area contributed by atoms with Gasteiger partial charge in [-0.3, -0.25) is 0 Å². The molecule has 0 saturated heterocycles. The van der Waals surface area contributed by atoms with E-state index in [-0.39, 0.29) is 5.56 Å². The van der Waals surface area contributed by atoms with E-state index in [1.807, 2.05) is 6.07 Å². The fourth-order valence-electron chi connectivity index (χ4n) is 2.29. The number of benzene rings is 1. The van der Waals surface area contributed by atoms with E-state index < -0.39 is 5.97 Å². The smallest absolute Gasteiger partial charge is 0.339 e. The molecule has 1 aromatic rings. The third-order valence-electron chi connectivity index (χ3n) is 3.67. The molecule has 1 aromatic carbocycles. The monoisotopic (exact) mass is 263 g/mol. The molecular formula is C15H21NO3. The van der Waals surface area contributed by atoms with E-state index in [1.54, 1.807) is 12.1 Å². The highest BCUT2D eigenvalue weighted by Gasteiger charge is 2.15. The minimum atomic E-state index is -0.939. The van der Waals surface area contributed by atoms with Crippen LogP contribution in [0.5, 0.6) is 5.75 Å². The highest BCUT2D eigenvalue weighted by Crippen LogP contribution is 2.21. The summed E-state index contributed by atoms with van der Waals surface area (Å²) in [5.41, 5.74) is 1.29. The van der Waals surface area contributed by atoms with Gasteiger partial charge in [-0.25, -0.2) is 4.79 Å². The van der Waals surface area contributed by atoms with E-state index in [2.05, 4.69) is 5.32 Å². The van der Waals surface area contributed by atoms with Crippen molar-refractivity contribution in [2.45, 2.75) is 38.1 Å². The van der Waals surface area contributed by atoms with Crippen LogP contribution in [0.4, 0.5) is 0 Å². The minimum absolute atomic E-state index is 0.243. The van der Waals surface area contributed by atoms with Crippen LogP contribution in [-0.4, -0.2) is 30.8 Å². The summed E-state index contributed by atoms with van der Waals surface area (Å²) in [5.74, 6) is -0.518. The molecule has 0 amide bonds. The summed E-state index contributed by atoms with van der Waals surface area (Å²) in [5, 5.41) is 12.6. The van der Waals surface area contributed by atoms with Gasteiger partial charge in [0.25, 0.3) is 0 Å². The largest absolute Gasteiger partial charge is 0.496 e. The third-order valence-corrected chi connectivity index (χ3v) is 3.67. The first-order chi connectivity index (χ1) is 9.20. The maximum atomic E-state index is 11.1. The van der Waals surface area contributed by atoms with E-state index in [1.165, 1.54) is 26.4 Å². The standard InChI is InChI=1S/C15H21NO3/c1-19-14-8-7-11(10-13(14)15(17)18)4-3-9-16-12-5-2-6-12/h7-8,10,12,16H,2-6,9H2,1H3,(H,17,18). The number of aromatic carboxylic acids is 1. The predicted molar refractivity (Wildman–Crippen MR) is 73.9 cm³/mol. The summed E-state index contributed by atoms with van der Waals surface area (Å²) in [6.07, 6.45) is 5.86. The molecule has 4 heteroatoms. The first-order valence-corrected chi connectivity index (χ1v) is 6.84. The van der Waals surface area contributed by atoms with Gasteiger partial charge in [0, 0.05) is 6.04 Å². The predicted octanol–water partition coefficient (Wildman–Crippen LogP) is 2.47. The number of hydrogen-bond donors (Lipinski definition) is 2. The number of carboxylic acids is 1. The SMILES string of the molecule is COc1ccc(CCCNC2CCC2)cc1C(=O)O. The van der Waals surface area contributed by atoms with Gasteiger partial charge in [0.1, 0.15) is 11.3 Å². The van der Waals surface area contributed by atoms with Crippen LogP contribution in [0.2, 0.25) is 0 Å². The molecule has 1 fully saturated rings. The average Bonchev–Trinajstić information content (AvgIpc) is 2.36. The summed E-state index contributed by atoms with van der Waals surface area (Å²) in [7, 11) is 1.49. The van der Waals surface area contributed by atoms with Crippen LogP contribution in [0.3, 0.4) is 0 Å². The molecule has 4 nitrogen and oxygen atoms in total. The lowest BCUT2D eigenvalue weighted by molar-refractivity contribution is 0.0693. The van der Waals surface area contributed by atoms with Crippen LogP contribution in [0.1, 0.15) is 41.6 Å². The second-order valence-corrected chi connectivity index (χ2v) is 5.03. The number of hydrogen-bond acceptors (Lipinski definition) is 3. The molecule has 0 aromatic heterocycles. The summed E-state index contributed by atoms with van der Waals surface area (Å²) < 4.78 is 5.05. The van der Waals surface area contributed by atoms with Crippen molar-refractivity contribution in [2.24, 2.45) is 0 Å². The lowest BCUT2D eigenvalue weighted by Crippen LogP contribution is -2.35. The van der Waals surface area contributed by atoms with E-state index in [0.29, 0.717) is 11.8 Å². The normalized spacial score (nSPS) is 15.0. The quantitative estimate of drug-likeness (QED) is 0.742. The highest BCUT2D eigenvalue weighted by molar-refractivity contribution is 5.91. The second-order valence-electron chi connectivity index (χ2n) is 5.03. The van der Waals surface area contributed by atoms with Crippen molar-refractivity contribution in [1.82, 2.24) is 5.32 Å². The molecule has 104 valence electrons. The first-order valence-electron chi connectivity index (χ1n) is 6.84. The lowest BCUT2D eigenvalue weighted by Gasteiger charge is -2.26. The maximum absolute atomic E-state index is 11.1. The number of carboxylic acid groups (broad SMARTS) is 1. The van der Waals surface area contributed by atoms with Gasteiger partial charge in [-0.1, -0.05) is 12.5 Å². The van der Waals surface area contributed by atoms with Crippen LogP contribution in [0, 0.1) is 0 Å². The number of nitrogens with one attached hydrogen (secondary N) is 1. The Hall–Kier alpha value is -1.55. The Morgan fingerprint density at radius 3 is 2.84 bits per heavy atom. The summed E-state index contributed by atoms with van der Waals surface area (Å²) >= 11 is 0. The number of carbonyl (C=O) groups is 1. The Morgan fingerprint density at radius 2 is 2.26 bits per heavy atom. The van der Waals surface area contributed by atoms with Crippen molar-refractivity contribution in [3.05, 3.63) is 29.3 Å². The van der Waals surface area contributed by atoms with Crippen molar-refractivity contribution in [2.75, 3.05) is 13.7 Å². The van der Waals surface area contributed by atoms with Gasteiger partial charge in [-0.05, 0) is 49.9 Å². The second kappa shape index (κ2) is 6.57. The van der Waals surface area contributed by atoms with Crippen LogP contribution in [-0.2, 0) is 6.42 Å². The molecule has 1 saturated carbocycles. The summed E-state index contributed by atoms with van der Waals surface area (Å²) in [4.78, 5) is 11.1. The summed E-state index contributed by atoms with van der Waals surface area (Å²) in [6.45, 7) is 0.999. The maximum Gasteiger partial charge on any atom is 0.339 e. The zero-order chi connectivity index (χ0) is 13.7. The fraction of sp³-hybridized carbons (Fsp3) is 0.533. The van der Waals surface area contributed by atoms with Crippen LogP contribution < -0.4 is 10.1 Å². The molecule has 2 rings (SSSR count). The Kier molecular flexibility index (Phi) is 4.80. The van der Waals surface area contributed by atoms with Gasteiger partial charge in [0.2, 0.25) is 0 Å². The van der Waals surface area contributed by atoms with Gasteiger partial charge < -0.3 is 15.2 Å². The van der Waals surface area contributed by atoms with Crippen LogP contribution in [0.15, 0.2) is 18.2 Å². The molecule has 0 atom stereocenters. The number of aryl methyl sites for hydroxylation is 1. The summed E-state index contributed by atoms with van der Waals surface area (Å²) in [6, 6.07) is 6.10. The molecule has 0 radical (unpaired) electrons. The van der Waals surface area contributed by atoms with Gasteiger partial charge >= 0.3 is 5.97 Å². The third kappa shape index (κ3) is 3.70. The Bertz CT molecular complexity index is 441. The van der Waals surface area contributed by atoms with Gasteiger partial charge in [-0.2, -0.15) is 0 Å². The Balaban J connectivity index is 1.85. The van der Waals surface area contributed by atoms with E-state index in [4.69, 9.17) is 9.84 Å². The average molecular weight is 263 g/mol. The van der Waals surface area contributed by atoms with E-state index >= 15 is 0 Å². The van der Waals surface area contributed by atoms with Crippen molar-refractivity contribution >= 4 is 5.97 Å². The molecular weight excluding hydrogens is 242 g/mol. The van der Waals surface area contributed by atoms with Crippen molar-refractivity contribution in [3.8, 4) is 5.75 Å². The molecule has 1 aliphatic carbocycles. The molecule has 2 N–H and O–H groups in total. The lowest BCUT2D eigenvalue weighted by atomic mass is 9.93. The molecule has 1 aliphatic rings. The van der Waals surface area contributed by atoms with Crippen molar-refractivity contribution in [1.29, 1.82) is 0 Å².